The molecule has 2 aromatic heterocycles. The van der Waals surface area contributed by atoms with Crippen molar-refractivity contribution < 1.29 is 23.9 Å². The molecule has 3 aliphatic heterocycles. The van der Waals surface area contributed by atoms with Gasteiger partial charge in [-0.15, -0.1) is 0 Å². The van der Waals surface area contributed by atoms with Crippen LogP contribution in [0.15, 0.2) is 42.7 Å². The number of amides is 2. The van der Waals surface area contributed by atoms with Crippen LogP contribution >= 0.6 is 0 Å². The zero-order valence-electron chi connectivity index (χ0n) is 17.3. The maximum Gasteiger partial charge on any atom is 0.343 e. The molecule has 0 radical (unpaired) electrons. The molecular weight excluding hydrogens is 412 g/mol. The highest BCUT2D eigenvalue weighted by Crippen LogP contribution is 2.49. The predicted octanol–water partition coefficient (Wildman–Crippen LogP) is 2.24. The molecule has 9 nitrogen and oxygen atoms in total. The van der Waals surface area contributed by atoms with Crippen LogP contribution in [0.1, 0.15) is 30.1 Å². The molecule has 5 heterocycles. The first-order valence-electron chi connectivity index (χ1n) is 10.7. The van der Waals surface area contributed by atoms with Gasteiger partial charge in [-0.1, -0.05) is 12.1 Å². The van der Waals surface area contributed by atoms with Gasteiger partial charge in [0.2, 0.25) is 11.8 Å². The number of hydrogen-bond acceptors (Lipinski definition) is 7. The van der Waals surface area contributed by atoms with Crippen LogP contribution in [0.4, 0.5) is 5.69 Å². The van der Waals surface area contributed by atoms with E-state index in [1.807, 2.05) is 6.07 Å². The van der Waals surface area contributed by atoms with E-state index in [2.05, 4.69) is 10.1 Å². The van der Waals surface area contributed by atoms with E-state index in [0.717, 1.165) is 18.4 Å². The predicted molar refractivity (Wildman–Crippen MR) is 112 cm³/mol. The zero-order valence-corrected chi connectivity index (χ0v) is 17.3. The molecule has 0 saturated carbocycles. The van der Waals surface area contributed by atoms with E-state index in [9.17, 15) is 14.4 Å². The van der Waals surface area contributed by atoms with E-state index in [4.69, 9.17) is 9.47 Å². The molecule has 0 spiro atoms. The van der Waals surface area contributed by atoms with Gasteiger partial charge < -0.3 is 9.47 Å². The summed E-state index contributed by atoms with van der Waals surface area (Å²) in [5.74, 6) is -1.62. The number of hydrogen-bond donors (Lipinski definition) is 0. The van der Waals surface area contributed by atoms with Crippen LogP contribution in [-0.4, -0.2) is 51.2 Å². The standard InChI is InChI=1S/C23H20N4O5/c1-2-31-23(30)14-11-25-27-15(8-9-24-20(14)27)12-4-3-5-13(10-12)26-21(28)18-16-6-7-17(32-16)19(18)22(26)29/h3-5,8-11,16-19H,2,6-7H2,1H3/t16-,17-,18-,19-/m0/s1. The van der Waals surface area contributed by atoms with Crippen LogP contribution in [0.2, 0.25) is 0 Å². The Hall–Kier alpha value is -3.59. The lowest BCUT2D eigenvalue weighted by molar-refractivity contribution is -0.124. The number of carbonyl (C=O) groups is 3. The first kappa shape index (κ1) is 19.1. The van der Waals surface area contributed by atoms with Crippen LogP contribution in [0.25, 0.3) is 16.9 Å². The molecule has 2 bridgehead atoms. The smallest absolute Gasteiger partial charge is 0.343 e. The van der Waals surface area contributed by atoms with Gasteiger partial charge in [-0.3, -0.25) is 9.59 Å². The van der Waals surface area contributed by atoms with Gasteiger partial charge in [-0.2, -0.15) is 5.10 Å². The summed E-state index contributed by atoms with van der Waals surface area (Å²) in [6.45, 7) is 1.99. The summed E-state index contributed by atoms with van der Waals surface area (Å²) in [6, 6.07) is 8.98. The minimum atomic E-state index is -0.488. The fourth-order valence-electron chi connectivity index (χ4n) is 5.23. The van der Waals surface area contributed by atoms with E-state index >= 15 is 0 Å². The Morgan fingerprint density at radius 1 is 1.16 bits per heavy atom. The summed E-state index contributed by atoms with van der Waals surface area (Å²) in [5.41, 5.74) is 2.59. The van der Waals surface area contributed by atoms with E-state index in [-0.39, 0.29) is 48.0 Å². The second-order valence-electron chi connectivity index (χ2n) is 8.25. The average Bonchev–Trinajstić information content (AvgIpc) is 3.56. The van der Waals surface area contributed by atoms with Crippen molar-refractivity contribution in [3.05, 3.63) is 48.3 Å². The van der Waals surface area contributed by atoms with Gasteiger partial charge >= 0.3 is 5.97 Å². The third-order valence-electron chi connectivity index (χ3n) is 6.58. The van der Waals surface area contributed by atoms with Gasteiger partial charge in [0.25, 0.3) is 0 Å². The van der Waals surface area contributed by atoms with Crippen molar-refractivity contribution >= 4 is 29.1 Å². The molecule has 3 fully saturated rings. The Kier molecular flexibility index (Phi) is 4.16. The summed E-state index contributed by atoms with van der Waals surface area (Å²) >= 11 is 0. The van der Waals surface area contributed by atoms with Crippen molar-refractivity contribution in [2.75, 3.05) is 11.5 Å². The molecule has 32 heavy (non-hydrogen) atoms. The molecule has 9 heteroatoms. The Labute approximate surface area is 182 Å². The number of nitrogens with zero attached hydrogens (tertiary/aromatic N) is 4. The number of imide groups is 1. The molecule has 3 aromatic rings. The zero-order chi connectivity index (χ0) is 22.0. The highest BCUT2D eigenvalue weighted by molar-refractivity contribution is 6.23. The second-order valence-corrected chi connectivity index (χ2v) is 8.25. The van der Waals surface area contributed by atoms with Gasteiger partial charge in [0.15, 0.2) is 5.65 Å². The minimum Gasteiger partial charge on any atom is -0.462 e. The van der Waals surface area contributed by atoms with Crippen molar-refractivity contribution in [2.24, 2.45) is 11.8 Å². The largest absolute Gasteiger partial charge is 0.462 e. The molecule has 6 rings (SSSR count). The Bertz CT molecular complexity index is 1260. The molecule has 0 unspecified atom stereocenters. The Balaban J connectivity index is 1.39. The van der Waals surface area contributed by atoms with Gasteiger partial charge in [0, 0.05) is 11.8 Å². The van der Waals surface area contributed by atoms with Crippen LogP contribution < -0.4 is 4.90 Å². The molecule has 4 atom stereocenters. The fraction of sp³-hybridized carbons (Fsp3) is 0.348. The topological polar surface area (TPSA) is 103 Å². The third kappa shape index (κ3) is 2.57. The van der Waals surface area contributed by atoms with Gasteiger partial charge in [0.05, 0.1) is 48.2 Å². The second kappa shape index (κ2) is 6.96. The normalized spacial score (nSPS) is 26.2. The van der Waals surface area contributed by atoms with Crippen LogP contribution in [0.3, 0.4) is 0 Å². The highest BCUT2D eigenvalue weighted by atomic mass is 16.5. The van der Waals surface area contributed by atoms with Crippen LogP contribution in [-0.2, 0) is 19.1 Å². The van der Waals surface area contributed by atoms with Crippen LogP contribution in [0.5, 0.6) is 0 Å². The lowest BCUT2D eigenvalue weighted by atomic mass is 9.81. The van der Waals surface area contributed by atoms with E-state index in [0.29, 0.717) is 17.0 Å². The molecule has 3 aliphatic rings. The molecular formula is C23H20N4O5. The van der Waals surface area contributed by atoms with E-state index in [1.165, 1.54) is 11.1 Å². The summed E-state index contributed by atoms with van der Waals surface area (Å²) in [7, 11) is 0. The molecule has 162 valence electrons. The van der Waals surface area contributed by atoms with E-state index < -0.39 is 5.97 Å². The van der Waals surface area contributed by atoms with Crippen molar-refractivity contribution in [1.82, 2.24) is 14.6 Å². The van der Waals surface area contributed by atoms with Gasteiger partial charge in [0.1, 0.15) is 5.56 Å². The molecule has 0 N–H and O–H groups in total. The number of esters is 1. The number of fused-ring (bicyclic) bond motifs is 6. The van der Waals surface area contributed by atoms with Crippen LogP contribution in [0, 0.1) is 11.8 Å². The van der Waals surface area contributed by atoms with E-state index in [1.54, 1.807) is 41.9 Å². The SMILES string of the molecule is CCOC(=O)c1cnn2c(-c3cccc(N4C(=O)[C@@H]5[C@@H](C4=O)[C@@H]4CC[C@@H]5O4)c3)ccnc12. The lowest BCUT2D eigenvalue weighted by Crippen LogP contribution is -2.34. The molecule has 2 amide bonds. The number of benzene rings is 1. The number of anilines is 1. The number of carbonyl (C=O) groups excluding carboxylic acids is 3. The Morgan fingerprint density at radius 2 is 1.91 bits per heavy atom. The fourth-order valence-corrected chi connectivity index (χ4v) is 5.23. The molecule has 3 saturated heterocycles. The van der Waals surface area contributed by atoms with Crippen molar-refractivity contribution in [1.29, 1.82) is 0 Å². The maximum atomic E-state index is 13.1. The van der Waals surface area contributed by atoms with Gasteiger partial charge in [-0.25, -0.2) is 19.2 Å². The summed E-state index contributed by atoms with van der Waals surface area (Å²) in [6.07, 6.45) is 4.37. The molecule has 0 aliphatic carbocycles. The summed E-state index contributed by atoms with van der Waals surface area (Å²) < 4.78 is 12.5. The van der Waals surface area contributed by atoms with Gasteiger partial charge in [-0.05, 0) is 38.0 Å². The highest BCUT2D eigenvalue weighted by Gasteiger charge is 2.62. The van der Waals surface area contributed by atoms with Crippen molar-refractivity contribution in [3.8, 4) is 11.3 Å². The number of ether oxygens (including phenoxy) is 2. The van der Waals surface area contributed by atoms with Crippen molar-refractivity contribution in [3.63, 3.8) is 0 Å². The Morgan fingerprint density at radius 3 is 2.62 bits per heavy atom. The lowest BCUT2D eigenvalue weighted by Gasteiger charge is -2.18. The third-order valence-corrected chi connectivity index (χ3v) is 6.58. The number of rotatable bonds is 4. The first-order chi connectivity index (χ1) is 15.6. The first-order valence-corrected chi connectivity index (χ1v) is 10.7. The monoisotopic (exact) mass is 432 g/mol. The summed E-state index contributed by atoms with van der Waals surface area (Å²) in [5, 5.41) is 4.32. The minimum absolute atomic E-state index is 0.153. The van der Waals surface area contributed by atoms with Crippen molar-refractivity contribution in [2.45, 2.75) is 32.0 Å². The summed E-state index contributed by atoms with van der Waals surface area (Å²) in [4.78, 5) is 44.1. The average molecular weight is 432 g/mol. The number of aromatic nitrogens is 3. The maximum absolute atomic E-state index is 13.1. The molecule has 1 aromatic carbocycles. The quantitative estimate of drug-likeness (QED) is 0.460.